The Balaban J connectivity index is 1.46. The number of hydrogen-bond acceptors (Lipinski definition) is 6. The van der Waals surface area contributed by atoms with Gasteiger partial charge in [-0.1, -0.05) is 66.0 Å². The minimum atomic E-state index is -1.45. The molecule has 2 N–H and O–H groups in total. The van der Waals surface area contributed by atoms with Crippen LogP contribution in [0.1, 0.15) is 57.9 Å². The van der Waals surface area contributed by atoms with E-state index in [-0.39, 0.29) is 36.0 Å². The number of ketones is 2. The van der Waals surface area contributed by atoms with E-state index in [1.165, 1.54) is 0 Å². The van der Waals surface area contributed by atoms with Crippen LogP contribution in [-0.4, -0.2) is 52.8 Å². The van der Waals surface area contributed by atoms with Crippen LogP contribution in [0.5, 0.6) is 0 Å². The monoisotopic (exact) mass is 556 g/mol. The summed E-state index contributed by atoms with van der Waals surface area (Å²) in [5, 5.41) is 21.6. The SMILES string of the molecule is CC12CCC(=O)C=C1CCB1C2C(O)CC2(C)[C@H]1CC[C@]2(OC(=O)Cc1ccc(Br)cc1)C(=O)CO. The van der Waals surface area contributed by atoms with Gasteiger partial charge in [0.2, 0.25) is 5.78 Å². The Hall–Kier alpha value is -1.77. The second-order valence-electron chi connectivity index (χ2n) is 11.8. The topological polar surface area (TPSA) is 101 Å². The van der Waals surface area contributed by atoms with Gasteiger partial charge >= 0.3 is 5.97 Å². The highest BCUT2D eigenvalue weighted by Crippen LogP contribution is 2.70. The third-order valence-electron chi connectivity index (χ3n) is 10.2. The van der Waals surface area contributed by atoms with E-state index in [1.807, 2.05) is 31.2 Å². The van der Waals surface area contributed by atoms with Crippen molar-refractivity contribution in [3.63, 3.8) is 0 Å². The van der Waals surface area contributed by atoms with Crippen LogP contribution < -0.4 is 0 Å². The molecular formula is C28H34BBrO6. The lowest BCUT2D eigenvalue weighted by Crippen LogP contribution is -2.63. The second kappa shape index (κ2) is 9.21. The molecule has 2 aliphatic heterocycles. The van der Waals surface area contributed by atoms with Crippen LogP contribution in [0.4, 0.5) is 0 Å². The molecule has 0 aromatic heterocycles. The summed E-state index contributed by atoms with van der Waals surface area (Å²) < 4.78 is 7.01. The van der Waals surface area contributed by atoms with Crippen molar-refractivity contribution in [3.05, 3.63) is 46.0 Å². The van der Waals surface area contributed by atoms with Gasteiger partial charge in [0.15, 0.2) is 18.1 Å². The molecular weight excluding hydrogens is 523 g/mol. The molecule has 1 aromatic carbocycles. The van der Waals surface area contributed by atoms with E-state index in [4.69, 9.17) is 4.74 Å². The van der Waals surface area contributed by atoms with E-state index in [1.54, 1.807) is 6.08 Å². The molecule has 1 saturated carbocycles. The Morgan fingerprint density at radius 1 is 1.17 bits per heavy atom. The molecule has 8 heteroatoms. The highest BCUT2D eigenvalue weighted by molar-refractivity contribution is 9.10. The molecule has 0 amide bonds. The molecule has 0 bridgehead atoms. The summed E-state index contributed by atoms with van der Waals surface area (Å²) in [6.07, 6.45) is 5.42. The zero-order valence-corrected chi connectivity index (χ0v) is 22.6. The molecule has 5 rings (SSSR count). The molecule has 2 heterocycles. The van der Waals surface area contributed by atoms with Crippen LogP contribution in [0.2, 0.25) is 18.0 Å². The maximum Gasteiger partial charge on any atom is 0.311 e. The molecule has 4 aliphatic rings. The van der Waals surface area contributed by atoms with E-state index in [9.17, 15) is 24.6 Å². The Morgan fingerprint density at radius 2 is 1.89 bits per heavy atom. The molecule has 6 nitrogen and oxygen atoms in total. The fourth-order valence-corrected chi connectivity index (χ4v) is 8.75. The predicted molar refractivity (Wildman–Crippen MR) is 140 cm³/mol. The molecule has 2 saturated heterocycles. The Labute approximate surface area is 221 Å². The number of hydrogen-bond donors (Lipinski definition) is 2. The maximum atomic E-state index is 13.4. The van der Waals surface area contributed by atoms with Gasteiger partial charge in [0, 0.05) is 16.3 Å². The number of fused-ring (bicyclic) bond motifs is 5. The minimum absolute atomic E-state index is 0.00201. The van der Waals surface area contributed by atoms with Gasteiger partial charge in [0.25, 0.3) is 0 Å². The fourth-order valence-electron chi connectivity index (χ4n) is 8.48. The third-order valence-corrected chi connectivity index (χ3v) is 10.7. The number of halogens is 1. The number of rotatable bonds is 5. The fraction of sp³-hybridized carbons (Fsp3) is 0.607. The first-order valence-corrected chi connectivity index (χ1v) is 13.9. The molecule has 4 unspecified atom stereocenters. The summed E-state index contributed by atoms with van der Waals surface area (Å²) in [7, 11) is 0. The lowest BCUT2D eigenvalue weighted by atomic mass is 9.18. The second-order valence-corrected chi connectivity index (χ2v) is 12.7. The van der Waals surface area contributed by atoms with Crippen LogP contribution in [0.15, 0.2) is 40.4 Å². The van der Waals surface area contributed by atoms with E-state index >= 15 is 0 Å². The average molecular weight is 557 g/mol. The third kappa shape index (κ3) is 3.86. The van der Waals surface area contributed by atoms with E-state index in [0.29, 0.717) is 25.7 Å². The van der Waals surface area contributed by atoms with Crippen LogP contribution in [0, 0.1) is 10.8 Å². The van der Waals surface area contributed by atoms with Gasteiger partial charge in [-0.15, -0.1) is 0 Å². The number of ether oxygens (including phenoxy) is 1. The average Bonchev–Trinajstić information content (AvgIpc) is 3.12. The van der Waals surface area contributed by atoms with Crippen LogP contribution >= 0.6 is 15.9 Å². The predicted octanol–water partition coefficient (Wildman–Crippen LogP) is 4.33. The molecule has 2 aliphatic carbocycles. The summed E-state index contributed by atoms with van der Waals surface area (Å²) in [6, 6.07) is 7.38. The van der Waals surface area contributed by atoms with Crippen molar-refractivity contribution in [3.8, 4) is 0 Å². The minimum Gasteiger partial charge on any atom is -0.450 e. The van der Waals surface area contributed by atoms with Crippen molar-refractivity contribution in [2.75, 3.05) is 6.61 Å². The van der Waals surface area contributed by atoms with Gasteiger partial charge < -0.3 is 14.9 Å². The number of carbonyl (C=O) groups excluding carboxylic acids is 3. The quantitative estimate of drug-likeness (QED) is 0.413. The largest absolute Gasteiger partial charge is 0.450 e. The summed E-state index contributed by atoms with van der Waals surface area (Å²) in [4.78, 5) is 38.6. The first-order chi connectivity index (χ1) is 17.0. The van der Waals surface area contributed by atoms with Gasteiger partial charge in [-0.3, -0.25) is 14.4 Å². The summed E-state index contributed by atoms with van der Waals surface area (Å²) >= 11 is 3.39. The number of aliphatic hydroxyl groups excluding tert-OH is 2. The van der Waals surface area contributed by atoms with E-state index in [0.717, 1.165) is 34.8 Å². The highest BCUT2D eigenvalue weighted by atomic mass is 79.9. The van der Waals surface area contributed by atoms with Crippen molar-refractivity contribution in [2.24, 2.45) is 10.8 Å². The zero-order chi connectivity index (χ0) is 25.9. The van der Waals surface area contributed by atoms with Gasteiger partial charge in [0.05, 0.1) is 12.5 Å². The number of carbonyl (C=O) groups is 3. The smallest absolute Gasteiger partial charge is 0.311 e. The molecule has 192 valence electrons. The number of esters is 1. The summed E-state index contributed by atoms with van der Waals surface area (Å²) in [5.41, 5.74) is -0.527. The number of Topliss-reactive ketones (excluding diaryl/α,β-unsaturated/α-hetero) is 1. The maximum absolute atomic E-state index is 13.4. The van der Waals surface area contributed by atoms with Crippen molar-refractivity contribution < 1.29 is 29.3 Å². The summed E-state index contributed by atoms with van der Waals surface area (Å²) in [5.74, 6) is -0.723. The van der Waals surface area contributed by atoms with Gasteiger partial charge in [0.1, 0.15) is 6.61 Å². The molecule has 0 radical (unpaired) electrons. The number of allylic oxidation sites excluding steroid dienone is 2. The summed E-state index contributed by atoms with van der Waals surface area (Å²) in [6.45, 7) is 3.62. The van der Waals surface area contributed by atoms with Crippen molar-refractivity contribution >= 4 is 40.2 Å². The first kappa shape index (κ1) is 25.9. The Bertz CT molecular complexity index is 1120. The van der Waals surface area contributed by atoms with Crippen molar-refractivity contribution in [1.29, 1.82) is 0 Å². The van der Waals surface area contributed by atoms with Crippen LogP contribution in [0.25, 0.3) is 0 Å². The molecule has 6 atom stereocenters. The Morgan fingerprint density at radius 3 is 2.58 bits per heavy atom. The highest BCUT2D eigenvalue weighted by Gasteiger charge is 2.71. The zero-order valence-electron chi connectivity index (χ0n) is 21.0. The van der Waals surface area contributed by atoms with Gasteiger partial charge in [-0.2, -0.15) is 0 Å². The standard InChI is InChI=1S/C28H34BBrO6/c1-26-10-7-20(32)14-18(26)9-12-29-22-8-11-28(23(34)16-31,27(22,2)15-21(33)25(26)29)36-24(35)13-17-3-5-19(30)6-4-17/h3-6,14,21-22,25,31,33H,7-13,15-16H2,1-2H3/t21?,22-,25?,26?,27?,28+/m1/s1. The molecule has 0 spiro atoms. The van der Waals surface area contributed by atoms with E-state index in [2.05, 4.69) is 22.9 Å². The van der Waals surface area contributed by atoms with Gasteiger partial charge in [-0.05, 0) is 60.7 Å². The van der Waals surface area contributed by atoms with Gasteiger partial charge in [-0.25, -0.2) is 0 Å². The first-order valence-electron chi connectivity index (χ1n) is 13.1. The van der Waals surface area contributed by atoms with Crippen molar-refractivity contribution in [1.82, 2.24) is 0 Å². The molecule has 3 fully saturated rings. The number of benzene rings is 1. The van der Waals surface area contributed by atoms with Crippen LogP contribution in [0.3, 0.4) is 0 Å². The number of aliphatic hydroxyl groups is 2. The van der Waals surface area contributed by atoms with E-state index < -0.39 is 35.5 Å². The normalized spacial score (nSPS) is 37.5. The van der Waals surface area contributed by atoms with Crippen molar-refractivity contribution in [2.45, 2.75) is 88.5 Å². The lowest BCUT2D eigenvalue weighted by molar-refractivity contribution is -0.184. The lowest BCUT2D eigenvalue weighted by Gasteiger charge is -2.59. The van der Waals surface area contributed by atoms with Crippen LogP contribution in [-0.2, 0) is 25.5 Å². The Kier molecular flexibility index (Phi) is 6.62. The molecule has 36 heavy (non-hydrogen) atoms. The molecule has 1 aromatic rings.